The fourth-order valence-corrected chi connectivity index (χ4v) is 2.37. The van der Waals surface area contributed by atoms with Gasteiger partial charge in [-0.25, -0.2) is 0 Å². The maximum atomic E-state index is 12.3. The standard InChI is InChI=1S/C21H26N2O5/c1-3-4-7-14-27-19-9-6-5-8-18(19)21(25)23-22-20(24)15-28-17-12-10-16(26-2)11-13-17/h5-6,8-13H,3-4,7,14-15H2,1-2H3,(H,22,24)(H,23,25). The maximum Gasteiger partial charge on any atom is 0.276 e. The zero-order chi connectivity index (χ0) is 20.2. The summed E-state index contributed by atoms with van der Waals surface area (Å²) in [7, 11) is 1.57. The third-order valence-corrected chi connectivity index (χ3v) is 3.88. The molecule has 0 spiro atoms. The van der Waals surface area contributed by atoms with E-state index in [9.17, 15) is 9.59 Å². The number of hydrogen-bond donors (Lipinski definition) is 2. The average molecular weight is 386 g/mol. The van der Waals surface area contributed by atoms with Gasteiger partial charge in [-0.1, -0.05) is 31.9 Å². The van der Waals surface area contributed by atoms with Gasteiger partial charge >= 0.3 is 0 Å². The molecule has 0 aliphatic heterocycles. The molecule has 2 N–H and O–H groups in total. The summed E-state index contributed by atoms with van der Waals surface area (Å²) in [6, 6.07) is 13.8. The number of carbonyl (C=O) groups is 2. The lowest BCUT2D eigenvalue weighted by Gasteiger charge is -2.12. The summed E-state index contributed by atoms with van der Waals surface area (Å²) in [4.78, 5) is 24.2. The van der Waals surface area contributed by atoms with Gasteiger partial charge in [0.2, 0.25) is 0 Å². The highest BCUT2D eigenvalue weighted by Gasteiger charge is 2.13. The summed E-state index contributed by atoms with van der Waals surface area (Å²) in [5.74, 6) is 0.766. The van der Waals surface area contributed by atoms with Crippen molar-refractivity contribution < 1.29 is 23.8 Å². The molecule has 0 aromatic heterocycles. The van der Waals surface area contributed by atoms with E-state index in [4.69, 9.17) is 14.2 Å². The van der Waals surface area contributed by atoms with Crippen LogP contribution in [0.4, 0.5) is 0 Å². The maximum absolute atomic E-state index is 12.3. The van der Waals surface area contributed by atoms with Crippen molar-refractivity contribution in [3.63, 3.8) is 0 Å². The fraction of sp³-hybridized carbons (Fsp3) is 0.333. The second kappa shape index (κ2) is 11.5. The number of unbranched alkanes of at least 4 members (excludes halogenated alkanes) is 2. The molecule has 2 rings (SSSR count). The minimum Gasteiger partial charge on any atom is -0.497 e. The molecule has 28 heavy (non-hydrogen) atoms. The van der Waals surface area contributed by atoms with Gasteiger partial charge in [0.25, 0.3) is 11.8 Å². The van der Waals surface area contributed by atoms with Gasteiger partial charge in [-0.05, 0) is 42.8 Å². The number of nitrogens with one attached hydrogen (secondary N) is 2. The fourth-order valence-electron chi connectivity index (χ4n) is 2.37. The summed E-state index contributed by atoms with van der Waals surface area (Å²) >= 11 is 0. The van der Waals surface area contributed by atoms with Crippen LogP contribution < -0.4 is 25.1 Å². The SMILES string of the molecule is CCCCCOc1ccccc1C(=O)NNC(=O)COc1ccc(OC)cc1. The summed E-state index contributed by atoms with van der Waals surface area (Å²) in [5, 5.41) is 0. The van der Waals surface area contributed by atoms with Crippen molar-refractivity contribution in [3.8, 4) is 17.2 Å². The van der Waals surface area contributed by atoms with Gasteiger partial charge in [0.15, 0.2) is 6.61 Å². The molecule has 2 amide bonds. The smallest absolute Gasteiger partial charge is 0.276 e. The van der Waals surface area contributed by atoms with Gasteiger partial charge in [-0.15, -0.1) is 0 Å². The van der Waals surface area contributed by atoms with Gasteiger partial charge in [0.1, 0.15) is 17.2 Å². The zero-order valence-corrected chi connectivity index (χ0v) is 16.2. The molecule has 0 atom stereocenters. The van der Waals surface area contributed by atoms with E-state index in [1.807, 2.05) is 0 Å². The van der Waals surface area contributed by atoms with Gasteiger partial charge in [-0.3, -0.25) is 20.4 Å². The van der Waals surface area contributed by atoms with Crippen LogP contribution in [-0.2, 0) is 4.79 Å². The minimum absolute atomic E-state index is 0.234. The van der Waals surface area contributed by atoms with E-state index >= 15 is 0 Å². The molecule has 0 saturated heterocycles. The highest BCUT2D eigenvalue weighted by atomic mass is 16.5. The Morgan fingerprint density at radius 1 is 0.893 bits per heavy atom. The predicted molar refractivity (Wildman–Crippen MR) is 106 cm³/mol. The molecular formula is C21H26N2O5. The second-order valence-corrected chi connectivity index (χ2v) is 6.02. The van der Waals surface area contributed by atoms with E-state index < -0.39 is 11.8 Å². The molecule has 2 aromatic carbocycles. The van der Waals surface area contributed by atoms with Crippen LogP contribution in [-0.4, -0.2) is 32.1 Å². The molecule has 0 saturated carbocycles. The van der Waals surface area contributed by atoms with E-state index in [0.29, 0.717) is 29.4 Å². The summed E-state index contributed by atoms with van der Waals surface area (Å²) in [6.07, 6.45) is 3.08. The van der Waals surface area contributed by atoms with Crippen molar-refractivity contribution in [2.45, 2.75) is 26.2 Å². The molecule has 0 radical (unpaired) electrons. The van der Waals surface area contributed by atoms with E-state index in [1.165, 1.54) is 0 Å². The van der Waals surface area contributed by atoms with Crippen LogP contribution in [0.15, 0.2) is 48.5 Å². The Bertz CT molecular complexity index is 762. The van der Waals surface area contributed by atoms with Crippen molar-refractivity contribution in [2.24, 2.45) is 0 Å². The number of benzene rings is 2. The lowest BCUT2D eigenvalue weighted by molar-refractivity contribution is -0.123. The number of amides is 2. The third-order valence-electron chi connectivity index (χ3n) is 3.88. The Morgan fingerprint density at radius 3 is 2.32 bits per heavy atom. The predicted octanol–water partition coefficient (Wildman–Crippen LogP) is 3.10. The molecule has 7 nitrogen and oxygen atoms in total. The Labute approximate surface area is 165 Å². The number of ether oxygens (including phenoxy) is 3. The molecule has 7 heteroatoms. The zero-order valence-electron chi connectivity index (χ0n) is 16.2. The first-order chi connectivity index (χ1) is 13.6. The van der Waals surface area contributed by atoms with E-state index in [1.54, 1.807) is 55.6 Å². The van der Waals surface area contributed by atoms with Crippen LogP contribution in [0.25, 0.3) is 0 Å². The van der Waals surface area contributed by atoms with Gasteiger partial charge in [-0.2, -0.15) is 0 Å². The van der Waals surface area contributed by atoms with Crippen molar-refractivity contribution in [1.82, 2.24) is 10.9 Å². The van der Waals surface area contributed by atoms with E-state index in [0.717, 1.165) is 19.3 Å². The summed E-state index contributed by atoms with van der Waals surface area (Å²) < 4.78 is 16.1. The molecular weight excluding hydrogens is 360 g/mol. The number of methoxy groups -OCH3 is 1. The van der Waals surface area contributed by atoms with Crippen LogP contribution in [0.2, 0.25) is 0 Å². The highest BCUT2D eigenvalue weighted by molar-refractivity contribution is 5.97. The molecule has 0 aliphatic carbocycles. The Hall–Kier alpha value is -3.22. The third kappa shape index (κ3) is 6.83. The first-order valence-electron chi connectivity index (χ1n) is 9.22. The molecule has 0 bridgehead atoms. The lowest BCUT2D eigenvalue weighted by atomic mass is 10.2. The number of carbonyl (C=O) groups excluding carboxylic acids is 2. The summed E-state index contributed by atoms with van der Waals surface area (Å²) in [6.45, 7) is 2.42. The van der Waals surface area contributed by atoms with Gasteiger partial charge in [0.05, 0.1) is 19.3 Å². The Morgan fingerprint density at radius 2 is 1.61 bits per heavy atom. The minimum atomic E-state index is -0.481. The highest BCUT2D eigenvalue weighted by Crippen LogP contribution is 2.18. The number of hydrogen-bond acceptors (Lipinski definition) is 5. The van der Waals surface area contributed by atoms with Crippen LogP contribution >= 0.6 is 0 Å². The van der Waals surface area contributed by atoms with Crippen LogP contribution in [0.5, 0.6) is 17.2 Å². The van der Waals surface area contributed by atoms with Gasteiger partial charge < -0.3 is 14.2 Å². The molecule has 2 aromatic rings. The molecule has 0 unspecified atom stereocenters. The van der Waals surface area contributed by atoms with Crippen molar-refractivity contribution in [1.29, 1.82) is 0 Å². The number of rotatable bonds is 10. The summed E-state index contributed by atoms with van der Waals surface area (Å²) in [5.41, 5.74) is 5.07. The molecule has 0 aliphatic rings. The van der Waals surface area contributed by atoms with Gasteiger partial charge in [0, 0.05) is 0 Å². The lowest BCUT2D eigenvalue weighted by Crippen LogP contribution is -2.43. The van der Waals surface area contributed by atoms with Crippen LogP contribution in [0, 0.1) is 0 Å². The van der Waals surface area contributed by atoms with E-state index in [-0.39, 0.29) is 6.61 Å². The average Bonchev–Trinajstić information content (AvgIpc) is 2.74. The van der Waals surface area contributed by atoms with Crippen LogP contribution in [0.3, 0.4) is 0 Å². The van der Waals surface area contributed by atoms with Crippen molar-refractivity contribution >= 4 is 11.8 Å². The van der Waals surface area contributed by atoms with Crippen LogP contribution in [0.1, 0.15) is 36.5 Å². The van der Waals surface area contributed by atoms with Crippen molar-refractivity contribution in [2.75, 3.05) is 20.3 Å². The molecule has 150 valence electrons. The molecule has 0 heterocycles. The second-order valence-electron chi connectivity index (χ2n) is 6.02. The topological polar surface area (TPSA) is 85.9 Å². The quantitative estimate of drug-likeness (QED) is 0.484. The monoisotopic (exact) mass is 386 g/mol. The van der Waals surface area contributed by atoms with Crippen molar-refractivity contribution in [3.05, 3.63) is 54.1 Å². The Kier molecular flexibility index (Phi) is 8.65. The Balaban J connectivity index is 1.80. The number of para-hydroxylation sites is 1. The van der Waals surface area contributed by atoms with E-state index in [2.05, 4.69) is 17.8 Å². The number of hydrazine groups is 1. The molecule has 0 fully saturated rings. The largest absolute Gasteiger partial charge is 0.497 e. The normalized spacial score (nSPS) is 10.1. The first-order valence-corrected chi connectivity index (χ1v) is 9.22. The first kappa shape index (κ1) is 21.1.